The van der Waals surface area contributed by atoms with Crippen LogP contribution in [0.2, 0.25) is 0 Å². The molecule has 3 unspecified atom stereocenters. The molecule has 23 heavy (non-hydrogen) atoms. The van der Waals surface area contributed by atoms with Crippen LogP contribution in [0.3, 0.4) is 0 Å². The minimum absolute atomic E-state index is 0.184. The minimum Gasteiger partial charge on any atom is -0.463 e. The standard InChI is InChI=1S/C14H19O9/c1-6(15)18-5-10-11(19-7(2)16)12(20-8(3)17)13-14(23-10)22-9(4)21-13/h10-14H,5H2,1-4H3/q+1/t10?,11-,12?,13?,14-/m1/s1. The molecule has 9 heteroatoms. The number of hydrogen-bond acceptors (Lipinski definition) is 8. The molecule has 0 aromatic carbocycles. The van der Waals surface area contributed by atoms with E-state index in [1.807, 2.05) is 0 Å². The molecule has 1 saturated heterocycles. The molecule has 0 radical (unpaired) electrons. The van der Waals surface area contributed by atoms with Crippen LogP contribution >= 0.6 is 0 Å². The van der Waals surface area contributed by atoms with Crippen molar-refractivity contribution in [3.05, 3.63) is 0 Å². The fourth-order valence-corrected chi connectivity index (χ4v) is 2.47. The Bertz CT molecular complexity index is 526. The molecule has 0 amide bonds. The first-order chi connectivity index (χ1) is 10.8. The summed E-state index contributed by atoms with van der Waals surface area (Å²) in [6.07, 6.45) is -4.44. The van der Waals surface area contributed by atoms with Crippen molar-refractivity contribution >= 4 is 23.9 Å². The average molecular weight is 331 g/mol. The van der Waals surface area contributed by atoms with Crippen LogP contribution in [-0.4, -0.2) is 61.2 Å². The zero-order valence-corrected chi connectivity index (χ0v) is 13.3. The number of carbonyl (C=O) groups excluding carboxylic acids is 4. The summed E-state index contributed by atoms with van der Waals surface area (Å²) in [6, 6.07) is 0. The molecule has 2 aliphatic heterocycles. The molecule has 2 heterocycles. The highest BCUT2D eigenvalue weighted by atomic mass is 16.8. The Morgan fingerprint density at radius 1 is 1.04 bits per heavy atom. The average Bonchev–Trinajstić information content (AvgIpc) is 2.78. The molecule has 0 aliphatic carbocycles. The maximum absolute atomic E-state index is 11.4. The molecule has 5 atom stereocenters. The molecule has 1 fully saturated rings. The van der Waals surface area contributed by atoms with Gasteiger partial charge in [0.25, 0.3) is 0 Å². The van der Waals surface area contributed by atoms with Crippen molar-refractivity contribution in [2.24, 2.45) is 0 Å². The van der Waals surface area contributed by atoms with Gasteiger partial charge in [0.15, 0.2) is 6.10 Å². The lowest BCUT2D eigenvalue weighted by Crippen LogP contribution is -2.60. The van der Waals surface area contributed by atoms with E-state index in [4.69, 9.17) is 28.1 Å². The second-order valence-corrected chi connectivity index (χ2v) is 5.19. The lowest BCUT2D eigenvalue weighted by atomic mass is 9.98. The summed E-state index contributed by atoms with van der Waals surface area (Å²) >= 11 is 0. The van der Waals surface area contributed by atoms with E-state index in [1.54, 1.807) is 6.92 Å². The molecular formula is C14H19O9+. The molecule has 0 aromatic heterocycles. The van der Waals surface area contributed by atoms with Crippen molar-refractivity contribution in [2.75, 3.05) is 6.61 Å². The summed E-state index contributed by atoms with van der Waals surface area (Å²) < 4.78 is 31.9. The van der Waals surface area contributed by atoms with Gasteiger partial charge in [-0.15, -0.1) is 0 Å². The van der Waals surface area contributed by atoms with Gasteiger partial charge in [-0.3, -0.25) is 18.8 Å². The Morgan fingerprint density at radius 3 is 2.22 bits per heavy atom. The summed E-state index contributed by atoms with van der Waals surface area (Å²) in [6.45, 7) is 5.07. The Hall–Kier alpha value is -2.16. The number of esters is 4. The maximum Gasteiger partial charge on any atom is 0.484 e. The van der Waals surface area contributed by atoms with E-state index in [9.17, 15) is 14.4 Å². The van der Waals surface area contributed by atoms with E-state index in [0.29, 0.717) is 0 Å². The van der Waals surface area contributed by atoms with Crippen LogP contribution < -0.4 is 0 Å². The summed E-state index contributed by atoms with van der Waals surface area (Å²) in [5.74, 6) is -1.45. The monoisotopic (exact) mass is 331 g/mol. The van der Waals surface area contributed by atoms with Crippen molar-refractivity contribution in [1.82, 2.24) is 0 Å². The van der Waals surface area contributed by atoms with Gasteiger partial charge < -0.3 is 23.7 Å². The van der Waals surface area contributed by atoms with Gasteiger partial charge in [0.2, 0.25) is 6.10 Å². The second kappa shape index (κ2) is 6.95. The fraction of sp³-hybridized carbons (Fsp3) is 0.714. The molecule has 0 bridgehead atoms. The van der Waals surface area contributed by atoms with Crippen molar-refractivity contribution < 1.29 is 42.5 Å². The minimum atomic E-state index is -0.994. The Morgan fingerprint density at radius 2 is 1.65 bits per heavy atom. The third kappa shape index (κ3) is 4.19. The van der Waals surface area contributed by atoms with E-state index in [0.717, 1.165) is 0 Å². The highest BCUT2D eigenvalue weighted by molar-refractivity contribution is 5.69. The molecule has 0 aromatic rings. The molecule has 2 rings (SSSR count). The van der Waals surface area contributed by atoms with Gasteiger partial charge in [0.1, 0.15) is 12.7 Å². The molecule has 0 spiro atoms. The highest BCUT2D eigenvalue weighted by Gasteiger charge is 2.61. The topological polar surface area (TPSA) is 109 Å². The first-order valence-electron chi connectivity index (χ1n) is 7.08. The highest BCUT2D eigenvalue weighted by Crippen LogP contribution is 2.31. The van der Waals surface area contributed by atoms with Crippen LogP contribution in [0.4, 0.5) is 0 Å². The third-order valence-corrected chi connectivity index (χ3v) is 3.23. The molecular weight excluding hydrogens is 312 g/mol. The van der Waals surface area contributed by atoms with Crippen LogP contribution in [0.1, 0.15) is 27.7 Å². The SMILES string of the molecule is CC(=O)OCC1O[C@H]2[O+]=C(C)OC2C(OC(C)=O)[C@@H]1OC(C)=O. The van der Waals surface area contributed by atoms with Crippen LogP contribution in [-0.2, 0) is 42.5 Å². The number of hydrogen-bond donors (Lipinski definition) is 0. The van der Waals surface area contributed by atoms with Gasteiger partial charge >= 0.3 is 36.3 Å². The quantitative estimate of drug-likeness (QED) is 0.389. The smallest absolute Gasteiger partial charge is 0.463 e. The predicted molar refractivity (Wildman–Crippen MR) is 72.0 cm³/mol. The van der Waals surface area contributed by atoms with E-state index in [-0.39, 0.29) is 12.6 Å². The van der Waals surface area contributed by atoms with E-state index >= 15 is 0 Å². The Balaban J connectivity index is 2.25. The lowest BCUT2D eigenvalue weighted by Gasteiger charge is -2.36. The predicted octanol–water partition coefficient (Wildman–Crippen LogP) is -0.381. The summed E-state index contributed by atoms with van der Waals surface area (Å²) in [5, 5.41) is 0. The molecule has 9 nitrogen and oxygen atoms in total. The molecule has 0 saturated carbocycles. The van der Waals surface area contributed by atoms with Crippen LogP contribution in [0.25, 0.3) is 0 Å². The normalized spacial score (nSPS) is 32.2. The van der Waals surface area contributed by atoms with Gasteiger partial charge in [0.05, 0.1) is 6.92 Å². The number of rotatable bonds is 4. The van der Waals surface area contributed by atoms with Crippen LogP contribution in [0, 0.1) is 0 Å². The van der Waals surface area contributed by atoms with E-state index in [2.05, 4.69) is 0 Å². The lowest BCUT2D eigenvalue weighted by molar-refractivity contribution is -0.570. The Kier molecular flexibility index (Phi) is 5.19. The van der Waals surface area contributed by atoms with Gasteiger partial charge in [-0.05, 0) is 0 Å². The largest absolute Gasteiger partial charge is 0.484 e. The summed E-state index contributed by atoms with van der Waals surface area (Å²) in [5.41, 5.74) is 0. The van der Waals surface area contributed by atoms with E-state index in [1.165, 1.54) is 20.8 Å². The zero-order valence-electron chi connectivity index (χ0n) is 13.3. The first kappa shape index (κ1) is 17.2. The maximum atomic E-state index is 11.4. The first-order valence-corrected chi connectivity index (χ1v) is 7.08. The van der Waals surface area contributed by atoms with Gasteiger partial charge in [-0.1, -0.05) is 0 Å². The van der Waals surface area contributed by atoms with Gasteiger partial charge in [-0.2, -0.15) is 0 Å². The van der Waals surface area contributed by atoms with E-state index < -0.39 is 48.6 Å². The van der Waals surface area contributed by atoms with Crippen molar-refractivity contribution in [3.8, 4) is 0 Å². The third-order valence-electron chi connectivity index (χ3n) is 3.23. The molecule has 128 valence electrons. The van der Waals surface area contributed by atoms with Crippen molar-refractivity contribution in [2.45, 2.75) is 58.4 Å². The summed E-state index contributed by atoms with van der Waals surface area (Å²) in [7, 11) is 0. The van der Waals surface area contributed by atoms with Crippen molar-refractivity contribution in [3.63, 3.8) is 0 Å². The Labute approximate surface area is 132 Å². The fourth-order valence-electron chi connectivity index (χ4n) is 2.47. The molecule has 0 N–H and O–H groups in total. The van der Waals surface area contributed by atoms with Crippen LogP contribution in [0.5, 0.6) is 0 Å². The van der Waals surface area contributed by atoms with Gasteiger partial charge in [-0.25, -0.2) is 0 Å². The number of carbonyl (C=O) groups is 3. The van der Waals surface area contributed by atoms with Gasteiger partial charge in [0, 0.05) is 20.8 Å². The second-order valence-electron chi connectivity index (χ2n) is 5.19. The van der Waals surface area contributed by atoms with Crippen LogP contribution in [0.15, 0.2) is 0 Å². The summed E-state index contributed by atoms with van der Waals surface area (Å²) in [4.78, 5) is 33.8. The number of fused-ring (bicyclic) bond motifs is 1. The van der Waals surface area contributed by atoms with Crippen molar-refractivity contribution in [1.29, 1.82) is 0 Å². The number of ether oxygens (including phenoxy) is 5. The zero-order chi connectivity index (χ0) is 17.1. The molecule has 2 aliphatic rings.